The first-order chi connectivity index (χ1) is 8.63. The monoisotopic (exact) mass is 331 g/mol. The Hall–Kier alpha value is -0.250. The lowest BCUT2D eigenvalue weighted by Gasteiger charge is -2.36. The summed E-state index contributed by atoms with van der Waals surface area (Å²) in [4.78, 5) is 2.44. The van der Waals surface area contributed by atoms with Crippen LogP contribution in [0, 0.1) is 6.92 Å². The predicted molar refractivity (Wildman–Crippen MR) is 80.8 cm³/mol. The molecule has 1 aromatic rings. The van der Waals surface area contributed by atoms with Crippen LogP contribution in [0.2, 0.25) is 5.02 Å². The third kappa shape index (κ3) is 3.01. The van der Waals surface area contributed by atoms with Crippen molar-refractivity contribution in [3.05, 3.63) is 27.2 Å². The van der Waals surface area contributed by atoms with Crippen molar-refractivity contribution in [2.24, 2.45) is 0 Å². The minimum absolute atomic E-state index is 0.554. The van der Waals surface area contributed by atoms with Crippen molar-refractivity contribution < 1.29 is 4.74 Å². The van der Waals surface area contributed by atoms with Gasteiger partial charge in [0.05, 0.1) is 5.69 Å². The number of anilines is 1. The SMILES string of the molecule is CCN(c1cc(Cl)cc(C)c1Br)C1CCOCC1. The Morgan fingerprint density at radius 1 is 1.39 bits per heavy atom. The van der Waals surface area contributed by atoms with E-state index in [1.807, 2.05) is 6.07 Å². The topological polar surface area (TPSA) is 12.5 Å². The highest BCUT2D eigenvalue weighted by molar-refractivity contribution is 9.10. The zero-order valence-corrected chi connectivity index (χ0v) is 13.2. The van der Waals surface area contributed by atoms with Crippen molar-refractivity contribution in [3.63, 3.8) is 0 Å². The van der Waals surface area contributed by atoms with Crippen LogP contribution in [0.5, 0.6) is 0 Å². The highest BCUT2D eigenvalue weighted by Crippen LogP contribution is 2.35. The lowest BCUT2D eigenvalue weighted by Crippen LogP contribution is -2.39. The average Bonchev–Trinajstić information content (AvgIpc) is 2.37. The van der Waals surface area contributed by atoms with E-state index in [-0.39, 0.29) is 0 Å². The molecule has 0 spiro atoms. The molecular weight excluding hydrogens is 314 g/mol. The smallest absolute Gasteiger partial charge is 0.0530 e. The summed E-state index contributed by atoms with van der Waals surface area (Å²) in [5.74, 6) is 0. The largest absolute Gasteiger partial charge is 0.381 e. The molecule has 100 valence electrons. The maximum atomic E-state index is 6.19. The molecule has 0 bridgehead atoms. The zero-order valence-electron chi connectivity index (χ0n) is 10.9. The summed E-state index contributed by atoms with van der Waals surface area (Å²) in [6.07, 6.45) is 2.18. The van der Waals surface area contributed by atoms with Gasteiger partial charge in [0.1, 0.15) is 0 Å². The Kier molecular flexibility index (Phi) is 4.93. The van der Waals surface area contributed by atoms with Gasteiger partial charge in [0, 0.05) is 35.3 Å². The van der Waals surface area contributed by atoms with Crippen molar-refractivity contribution in [3.8, 4) is 0 Å². The standard InChI is InChI=1S/C14H19BrClNO/c1-3-17(12-4-6-18-7-5-12)13-9-11(16)8-10(2)14(13)15/h8-9,12H,3-7H2,1-2H3. The van der Waals surface area contributed by atoms with E-state index in [2.05, 4.69) is 40.7 Å². The molecule has 0 radical (unpaired) electrons. The van der Waals surface area contributed by atoms with Crippen LogP contribution < -0.4 is 4.90 Å². The number of benzene rings is 1. The summed E-state index contributed by atoms with van der Waals surface area (Å²) in [6.45, 7) is 6.98. The number of aryl methyl sites for hydroxylation is 1. The highest BCUT2D eigenvalue weighted by atomic mass is 79.9. The molecule has 2 nitrogen and oxygen atoms in total. The van der Waals surface area contributed by atoms with E-state index >= 15 is 0 Å². The lowest BCUT2D eigenvalue weighted by atomic mass is 10.1. The van der Waals surface area contributed by atoms with Gasteiger partial charge in [0.25, 0.3) is 0 Å². The van der Waals surface area contributed by atoms with E-state index in [1.54, 1.807) is 0 Å². The fraction of sp³-hybridized carbons (Fsp3) is 0.571. The van der Waals surface area contributed by atoms with Crippen LogP contribution in [-0.4, -0.2) is 25.8 Å². The van der Waals surface area contributed by atoms with Gasteiger partial charge in [0.15, 0.2) is 0 Å². The van der Waals surface area contributed by atoms with Crippen molar-refractivity contribution in [1.82, 2.24) is 0 Å². The third-order valence-electron chi connectivity index (χ3n) is 3.48. The van der Waals surface area contributed by atoms with Crippen LogP contribution in [0.15, 0.2) is 16.6 Å². The van der Waals surface area contributed by atoms with Gasteiger partial charge in [-0.05, 0) is 60.3 Å². The van der Waals surface area contributed by atoms with Gasteiger partial charge in [-0.25, -0.2) is 0 Å². The van der Waals surface area contributed by atoms with Gasteiger partial charge < -0.3 is 9.64 Å². The summed E-state index contributed by atoms with van der Waals surface area (Å²) < 4.78 is 6.60. The summed E-state index contributed by atoms with van der Waals surface area (Å²) in [6, 6.07) is 4.60. The molecule has 18 heavy (non-hydrogen) atoms. The lowest BCUT2D eigenvalue weighted by molar-refractivity contribution is 0.0846. The molecule has 0 aliphatic carbocycles. The molecule has 1 aliphatic heterocycles. The zero-order chi connectivity index (χ0) is 13.1. The normalized spacial score (nSPS) is 16.9. The Morgan fingerprint density at radius 3 is 2.67 bits per heavy atom. The summed E-state index contributed by atoms with van der Waals surface area (Å²) in [5, 5.41) is 0.802. The van der Waals surface area contributed by atoms with Crippen molar-refractivity contribution in [2.45, 2.75) is 32.7 Å². The number of hydrogen-bond acceptors (Lipinski definition) is 2. The molecule has 0 N–H and O–H groups in total. The van der Waals surface area contributed by atoms with Crippen LogP contribution >= 0.6 is 27.5 Å². The second kappa shape index (κ2) is 6.27. The number of ether oxygens (including phenoxy) is 1. The molecule has 1 aliphatic rings. The Bertz CT molecular complexity index is 419. The van der Waals surface area contributed by atoms with Crippen LogP contribution in [0.1, 0.15) is 25.3 Å². The first-order valence-electron chi connectivity index (χ1n) is 6.43. The Balaban J connectivity index is 2.31. The summed E-state index contributed by atoms with van der Waals surface area (Å²) in [5.41, 5.74) is 2.39. The maximum absolute atomic E-state index is 6.19. The van der Waals surface area contributed by atoms with Gasteiger partial charge in [-0.1, -0.05) is 11.6 Å². The van der Waals surface area contributed by atoms with Gasteiger partial charge >= 0.3 is 0 Å². The average molecular weight is 333 g/mol. The molecule has 1 heterocycles. The van der Waals surface area contributed by atoms with E-state index in [0.717, 1.165) is 42.1 Å². The van der Waals surface area contributed by atoms with Gasteiger partial charge in [0.2, 0.25) is 0 Å². The molecule has 0 unspecified atom stereocenters. The quantitative estimate of drug-likeness (QED) is 0.812. The molecule has 0 aromatic heterocycles. The molecule has 0 saturated carbocycles. The minimum Gasteiger partial charge on any atom is -0.381 e. The van der Waals surface area contributed by atoms with E-state index in [0.29, 0.717) is 6.04 Å². The van der Waals surface area contributed by atoms with Gasteiger partial charge in [-0.15, -0.1) is 0 Å². The van der Waals surface area contributed by atoms with Crippen LogP contribution in [0.25, 0.3) is 0 Å². The third-order valence-corrected chi connectivity index (χ3v) is 4.73. The molecular formula is C14H19BrClNO. The molecule has 2 rings (SSSR count). The minimum atomic E-state index is 0.554. The highest BCUT2D eigenvalue weighted by Gasteiger charge is 2.22. The van der Waals surface area contributed by atoms with Crippen molar-refractivity contribution in [2.75, 3.05) is 24.7 Å². The summed E-state index contributed by atoms with van der Waals surface area (Å²) >= 11 is 9.88. The van der Waals surface area contributed by atoms with E-state index in [4.69, 9.17) is 16.3 Å². The molecule has 4 heteroatoms. The van der Waals surface area contributed by atoms with E-state index in [1.165, 1.54) is 11.3 Å². The second-order valence-electron chi connectivity index (χ2n) is 4.69. The van der Waals surface area contributed by atoms with Crippen LogP contribution in [0.4, 0.5) is 5.69 Å². The molecule has 0 atom stereocenters. The fourth-order valence-electron chi connectivity index (χ4n) is 2.54. The predicted octanol–water partition coefficient (Wildman–Crippen LogP) is 4.42. The van der Waals surface area contributed by atoms with E-state index in [9.17, 15) is 0 Å². The second-order valence-corrected chi connectivity index (χ2v) is 5.91. The Morgan fingerprint density at radius 2 is 2.06 bits per heavy atom. The first kappa shape index (κ1) is 14.2. The van der Waals surface area contributed by atoms with Gasteiger partial charge in [-0.2, -0.15) is 0 Å². The number of nitrogens with zero attached hydrogens (tertiary/aromatic N) is 1. The molecule has 1 saturated heterocycles. The summed E-state index contributed by atoms with van der Waals surface area (Å²) in [7, 11) is 0. The molecule has 1 aromatic carbocycles. The number of halogens is 2. The van der Waals surface area contributed by atoms with Crippen LogP contribution in [-0.2, 0) is 4.74 Å². The van der Waals surface area contributed by atoms with Crippen LogP contribution in [0.3, 0.4) is 0 Å². The van der Waals surface area contributed by atoms with Gasteiger partial charge in [-0.3, -0.25) is 0 Å². The molecule has 0 amide bonds. The number of hydrogen-bond donors (Lipinski definition) is 0. The van der Waals surface area contributed by atoms with Crippen molar-refractivity contribution >= 4 is 33.2 Å². The van der Waals surface area contributed by atoms with Crippen molar-refractivity contribution in [1.29, 1.82) is 0 Å². The molecule has 1 fully saturated rings. The fourth-order valence-corrected chi connectivity index (χ4v) is 3.26. The van der Waals surface area contributed by atoms with E-state index < -0.39 is 0 Å². The Labute approximate surface area is 122 Å². The number of rotatable bonds is 3. The maximum Gasteiger partial charge on any atom is 0.0530 e. The first-order valence-corrected chi connectivity index (χ1v) is 7.60.